The van der Waals surface area contributed by atoms with Crippen LogP contribution < -0.4 is 10.6 Å². The third-order valence-electron chi connectivity index (χ3n) is 1.99. The van der Waals surface area contributed by atoms with Gasteiger partial charge in [0.15, 0.2) is 0 Å². The van der Waals surface area contributed by atoms with E-state index < -0.39 is 5.97 Å². The van der Waals surface area contributed by atoms with E-state index >= 15 is 0 Å². The maximum absolute atomic E-state index is 10.5. The Morgan fingerprint density at radius 2 is 1.94 bits per heavy atom. The predicted octanol–water partition coefficient (Wildman–Crippen LogP) is 0.913. The molecule has 0 bridgehead atoms. The van der Waals surface area contributed by atoms with Crippen molar-refractivity contribution in [2.45, 2.75) is 0 Å². The number of nitrogens with zero attached hydrogens (tertiary/aromatic N) is 1. The van der Waals surface area contributed by atoms with Crippen molar-refractivity contribution in [3.05, 3.63) is 29.8 Å². The van der Waals surface area contributed by atoms with Gasteiger partial charge in [0.05, 0.1) is 0 Å². The molecule has 0 aliphatic heterocycles. The van der Waals surface area contributed by atoms with E-state index in [1.54, 1.807) is 36.2 Å². The number of anilines is 1. The molecule has 0 heterocycles. The topological polar surface area (TPSA) is 90.4 Å². The number of amidine groups is 1. The van der Waals surface area contributed by atoms with E-state index in [2.05, 4.69) is 0 Å². The second-order valence-corrected chi connectivity index (χ2v) is 3.21. The lowest BCUT2D eigenvalue weighted by Gasteiger charge is -2.16. The number of carbonyl (C=O) groups is 1. The number of nitrogens with two attached hydrogens (primary N) is 1. The lowest BCUT2D eigenvalue weighted by Crippen LogP contribution is -2.25. The van der Waals surface area contributed by atoms with Crippen molar-refractivity contribution in [1.82, 2.24) is 0 Å². The molecule has 6 heteroatoms. The van der Waals surface area contributed by atoms with Crippen LogP contribution in [0, 0.1) is 5.41 Å². The molecule has 1 aromatic carbocycles. The molecule has 0 saturated carbocycles. The van der Waals surface area contributed by atoms with E-state index in [1.807, 2.05) is 0 Å². The van der Waals surface area contributed by atoms with Crippen molar-refractivity contribution in [2.75, 3.05) is 18.5 Å². The normalized spacial score (nSPS) is 9.06. The number of hydrogen-bond acceptors (Lipinski definition) is 3. The maximum atomic E-state index is 10.5. The molecule has 0 atom stereocenters. The Labute approximate surface area is 99.8 Å². The summed E-state index contributed by atoms with van der Waals surface area (Å²) in [5.41, 5.74) is 6.70. The van der Waals surface area contributed by atoms with Crippen LogP contribution in [-0.4, -0.2) is 30.5 Å². The highest BCUT2D eigenvalue weighted by atomic mass is 35.5. The average molecular weight is 244 g/mol. The van der Waals surface area contributed by atoms with E-state index in [9.17, 15) is 4.79 Å². The minimum Gasteiger partial charge on any atom is -0.480 e. The first-order valence-electron chi connectivity index (χ1n) is 4.38. The van der Waals surface area contributed by atoms with Gasteiger partial charge in [0.2, 0.25) is 0 Å². The fourth-order valence-corrected chi connectivity index (χ4v) is 1.19. The molecule has 0 saturated heterocycles. The SMILES string of the molecule is CN(CC(=O)O)c1ccc(C(=N)N)cc1.Cl. The monoisotopic (exact) mass is 243 g/mol. The van der Waals surface area contributed by atoms with Crippen LogP contribution in [0.2, 0.25) is 0 Å². The fraction of sp³-hybridized carbons (Fsp3) is 0.200. The number of likely N-dealkylation sites (N-methyl/N-ethyl adjacent to an activating group) is 1. The van der Waals surface area contributed by atoms with Crippen LogP contribution in [0.5, 0.6) is 0 Å². The second kappa shape index (κ2) is 5.97. The molecule has 4 N–H and O–H groups in total. The molecular formula is C10H14ClN3O2. The van der Waals surface area contributed by atoms with Gasteiger partial charge in [-0.1, -0.05) is 0 Å². The van der Waals surface area contributed by atoms with E-state index in [4.69, 9.17) is 16.2 Å². The zero-order valence-electron chi connectivity index (χ0n) is 8.80. The summed E-state index contributed by atoms with van der Waals surface area (Å²) in [4.78, 5) is 12.1. The van der Waals surface area contributed by atoms with Crippen molar-refractivity contribution in [3.63, 3.8) is 0 Å². The van der Waals surface area contributed by atoms with Gasteiger partial charge in [-0.05, 0) is 24.3 Å². The number of carboxylic acids is 1. The molecule has 5 nitrogen and oxygen atoms in total. The molecule has 0 spiro atoms. The molecule has 0 radical (unpaired) electrons. The average Bonchev–Trinajstić information content (AvgIpc) is 2.17. The Kier molecular flexibility index (Phi) is 5.32. The highest BCUT2D eigenvalue weighted by Crippen LogP contribution is 2.12. The number of aliphatic carboxylic acids is 1. The number of rotatable bonds is 4. The van der Waals surface area contributed by atoms with Gasteiger partial charge < -0.3 is 15.7 Å². The summed E-state index contributed by atoms with van der Waals surface area (Å²) < 4.78 is 0. The van der Waals surface area contributed by atoms with Gasteiger partial charge in [0, 0.05) is 18.3 Å². The summed E-state index contributed by atoms with van der Waals surface area (Å²) in [7, 11) is 1.69. The van der Waals surface area contributed by atoms with Crippen LogP contribution in [0.15, 0.2) is 24.3 Å². The fourth-order valence-electron chi connectivity index (χ4n) is 1.19. The van der Waals surface area contributed by atoms with Gasteiger partial charge in [0.1, 0.15) is 12.4 Å². The second-order valence-electron chi connectivity index (χ2n) is 3.21. The van der Waals surface area contributed by atoms with Crippen molar-refractivity contribution >= 4 is 29.9 Å². The number of carboxylic acid groups (broad SMARTS) is 1. The number of nitrogen functional groups attached to an aromatic ring is 1. The first-order valence-corrected chi connectivity index (χ1v) is 4.38. The van der Waals surface area contributed by atoms with Crippen LogP contribution in [0.3, 0.4) is 0 Å². The van der Waals surface area contributed by atoms with Crippen molar-refractivity contribution < 1.29 is 9.90 Å². The van der Waals surface area contributed by atoms with Crippen LogP contribution in [-0.2, 0) is 4.79 Å². The molecule has 16 heavy (non-hydrogen) atoms. The molecule has 0 aromatic heterocycles. The smallest absolute Gasteiger partial charge is 0.323 e. The van der Waals surface area contributed by atoms with Crippen molar-refractivity contribution in [1.29, 1.82) is 5.41 Å². The van der Waals surface area contributed by atoms with Gasteiger partial charge in [0.25, 0.3) is 0 Å². The predicted molar refractivity (Wildman–Crippen MR) is 65.6 cm³/mol. The largest absolute Gasteiger partial charge is 0.480 e. The van der Waals surface area contributed by atoms with Gasteiger partial charge in [-0.2, -0.15) is 0 Å². The molecule has 88 valence electrons. The van der Waals surface area contributed by atoms with Crippen LogP contribution in [0.25, 0.3) is 0 Å². The molecular weight excluding hydrogens is 230 g/mol. The summed E-state index contributed by atoms with van der Waals surface area (Å²) in [6.07, 6.45) is 0. The molecule has 1 aromatic rings. The van der Waals surface area contributed by atoms with Gasteiger partial charge in [-0.25, -0.2) is 0 Å². The van der Waals surface area contributed by atoms with Gasteiger partial charge in [-0.15, -0.1) is 12.4 Å². The zero-order chi connectivity index (χ0) is 11.4. The Morgan fingerprint density at radius 3 is 2.31 bits per heavy atom. The Balaban J connectivity index is 0.00000225. The first-order chi connectivity index (χ1) is 7.00. The van der Waals surface area contributed by atoms with E-state index in [0.717, 1.165) is 5.69 Å². The molecule has 0 amide bonds. The summed E-state index contributed by atoms with van der Waals surface area (Å²) in [6, 6.07) is 6.85. The molecule has 0 unspecified atom stereocenters. The summed E-state index contributed by atoms with van der Waals surface area (Å²) in [5.74, 6) is -0.879. The quantitative estimate of drug-likeness (QED) is 0.542. The molecule has 0 aliphatic carbocycles. The van der Waals surface area contributed by atoms with Crippen LogP contribution in [0.1, 0.15) is 5.56 Å². The number of benzene rings is 1. The van der Waals surface area contributed by atoms with E-state index in [1.165, 1.54) is 0 Å². The molecule has 0 fully saturated rings. The summed E-state index contributed by atoms with van der Waals surface area (Å²) >= 11 is 0. The first kappa shape index (κ1) is 14.2. The van der Waals surface area contributed by atoms with Crippen molar-refractivity contribution in [2.24, 2.45) is 5.73 Å². The Bertz CT molecular complexity index is 378. The third-order valence-corrected chi connectivity index (χ3v) is 1.99. The number of nitrogens with one attached hydrogen (secondary N) is 1. The minimum atomic E-state index is -0.881. The summed E-state index contributed by atoms with van der Waals surface area (Å²) in [5, 5.41) is 15.8. The minimum absolute atomic E-state index is 0. The lowest BCUT2D eigenvalue weighted by molar-refractivity contribution is -0.135. The van der Waals surface area contributed by atoms with E-state index in [-0.39, 0.29) is 24.8 Å². The number of halogens is 1. The standard InChI is InChI=1S/C10H13N3O2.ClH/c1-13(6-9(14)15)8-4-2-7(3-5-8)10(11)12;/h2-5H,6H2,1H3,(H3,11,12)(H,14,15);1H. The third kappa shape index (κ3) is 3.78. The van der Waals surface area contributed by atoms with E-state index in [0.29, 0.717) is 5.56 Å². The molecule has 1 rings (SSSR count). The van der Waals surface area contributed by atoms with Gasteiger partial charge in [-0.3, -0.25) is 10.2 Å². The maximum Gasteiger partial charge on any atom is 0.323 e. The van der Waals surface area contributed by atoms with Gasteiger partial charge >= 0.3 is 5.97 Å². The van der Waals surface area contributed by atoms with Crippen LogP contribution >= 0.6 is 12.4 Å². The Hall–Kier alpha value is -1.75. The lowest BCUT2D eigenvalue weighted by atomic mass is 10.2. The number of hydrogen-bond donors (Lipinski definition) is 3. The zero-order valence-corrected chi connectivity index (χ0v) is 9.62. The summed E-state index contributed by atoms with van der Waals surface area (Å²) in [6.45, 7) is -0.0561. The molecule has 0 aliphatic rings. The van der Waals surface area contributed by atoms with Crippen molar-refractivity contribution in [3.8, 4) is 0 Å². The highest BCUT2D eigenvalue weighted by Gasteiger charge is 2.05. The Morgan fingerprint density at radius 1 is 1.44 bits per heavy atom. The van der Waals surface area contributed by atoms with Crippen LogP contribution in [0.4, 0.5) is 5.69 Å². The highest BCUT2D eigenvalue weighted by molar-refractivity contribution is 5.95.